The number of benzene rings is 4. The number of rotatable bonds is 7. The summed E-state index contributed by atoms with van der Waals surface area (Å²) in [6, 6.07) is 33.5. The Morgan fingerprint density at radius 2 is 0.853 bits per heavy atom. The third-order valence-electron chi connectivity index (χ3n) is 4.34. The molecule has 0 saturated heterocycles. The van der Waals surface area contributed by atoms with Crippen molar-refractivity contribution < 1.29 is 19.1 Å². The van der Waals surface area contributed by atoms with E-state index in [0.717, 1.165) is 0 Å². The van der Waals surface area contributed by atoms with Crippen LogP contribution in [0.15, 0.2) is 109 Å². The van der Waals surface area contributed by atoms with Gasteiger partial charge in [-0.1, -0.05) is 0 Å². The number of amides is 2. The van der Waals surface area contributed by atoms with E-state index in [4.69, 9.17) is 9.47 Å². The van der Waals surface area contributed by atoms with Crippen molar-refractivity contribution in [2.75, 3.05) is 10.6 Å². The van der Waals surface area contributed by atoms with Crippen LogP contribution in [0.25, 0.3) is 0 Å². The van der Waals surface area contributed by atoms with Crippen LogP contribution in [0.5, 0.6) is 11.5 Å². The van der Waals surface area contributed by atoms with E-state index < -0.39 is 12.2 Å². The van der Waals surface area contributed by atoms with Gasteiger partial charge < -0.3 is 0 Å². The normalized spacial score (nSPS) is 10.2. The van der Waals surface area contributed by atoms with Crippen molar-refractivity contribution in [1.29, 1.82) is 0 Å². The zero-order valence-electron chi connectivity index (χ0n) is 17.8. The third kappa shape index (κ3) is 7.51. The van der Waals surface area contributed by atoms with E-state index in [-0.39, 0.29) is 26.3 Å². The Morgan fingerprint density at radius 1 is 0.500 bits per heavy atom. The number of hydrogen-bond acceptors (Lipinski definition) is 4. The molecule has 2 N–H and O–H groups in total. The number of ether oxygens (including phenoxy) is 2. The van der Waals surface area contributed by atoms with Crippen LogP contribution >= 0.6 is 0 Å². The van der Waals surface area contributed by atoms with Crippen LogP contribution in [0.4, 0.5) is 21.0 Å². The van der Waals surface area contributed by atoms with Gasteiger partial charge in [-0.05, 0) is 0 Å². The van der Waals surface area contributed by atoms with E-state index in [1.807, 2.05) is 84.9 Å². The van der Waals surface area contributed by atoms with Crippen LogP contribution in [0.2, 0.25) is 0 Å². The molecule has 0 aromatic heterocycles. The molecule has 2 amide bonds. The molecule has 4 aromatic carbocycles. The first-order chi connectivity index (χ1) is 16.6. The van der Waals surface area contributed by atoms with E-state index in [0.29, 0.717) is 22.9 Å². The molecule has 0 fully saturated rings. The molecule has 0 saturated carbocycles. The van der Waals surface area contributed by atoms with E-state index in [9.17, 15) is 9.59 Å². The van der Waals surface area contributed by atoms with E-state index in [1.165, 1.54) is 8.92 Å². The number of anilines is 2. The molecular formula is C26H20N2O4Se2. The van der Waals surface area contributed by atoms with Gasteiger partial charge in [-0.25, -0.2) is 0 Å². The second kappa shape index (κ2) is 12.1. The first kappa shape index (κ1) is 23.6. The first-order valence-corrected chi connectivity index (χ1v) is 16.3. The van der Waals surface area contributed by atoms with Gasteiger partial charge >= 0.3 is 209 Å². The summed E-state index contributed by atoms with van der Waals surface area (Å²) in [4.78, 5) is 24.0. The number of carbonyl (C=O) groups is 2. The predicted octanol–water partition coefficient (Wildman–Crippen LogP) is 4.18. The minimum atomic E-state index is -0.518. The standard InChI is InChI=1S/C26H20N2O4Se2/c29-25(31-21-7-3-1-4-8-21)27-19-11-15-23(16-12-19)33-34-24-17-13-20(14-18-24)28-26(30)32-22-9-5-2-6-10-22/h1-18H,(H,27,29)(H,28,30). The molecule has 0 heterocycles. The summed E-state index contributed by atoms with van der Waals surface area (Å²) in [5.74, 6) is 0.994. The average molecular weight is 582 g/mol. The van der Waals surface area contributed by atoms with E-state index >= 15 is 0 Å². The van der Waals surface area contributed by atoms with Gasteiger partial charge in [-0.3, -0.25) is 0 Å². The summed E-state index contributed by atoms with van der Waals surface area (Å²) < 4.78 is 13.0. The van der Waals surface area contributed by atoms with Gasteiger partial charge in [0.2, 0.25) is 0 Å². The van der Waals surface area contributed by atoms with Gasteiger partial charge in [0.05, 0.1) is 0 Å². The second-order valence-electron chi connectivity index (χ2n) is 6.87. The second-order valence-corrected chi connectivity index (χ2v) is 13.2. The molecule has 0 unspecified atom stereocenters. The Hall–Kier alpha value is -3.54. The summed E-state index contributed by atoms with van der Waals surface area (Å²) in [6.45, 7) is 0. The fourth-order valence-corrected chi connectivity index (χ4v) is 8.72. The maximum absolute atomic E-state index is 12.0. The molecule has 6 nitrogen and oxygen atoms in total. The Kier molecular flexibility index (Phi) is 8.38. The number of nitrogens with one attached hydrogen (secondary N) is 2. The van der Waals surface area contributed by atoms with E-state index in [2.05, 4.69) is 10.6 Å². The van der Waals surface area contributed by atoms with Crippen molar-refractivity contribution >= 4 is 58.7 Å². The van der Waals surface area contributed by atoms with Crippen molar-refractivity contribution in [1.82, 2.24) is 0 Å². The van der Waals surface area contributed by atoms with Crippen molar-refractivity contribution in [3.63, 3.8) is 0 Å². The molecule has 34 heavy (non-hydrogen) atoms. The summed E-state index contributed by atoms with van der Waals surface area (Å²) in [6.07, 6.45) is -1.04. The van der Waals surface area contributed by atoms with Gasteiger partial charge in [0.1, 0.15) is 0 Å². The fourth-order valence-electron chi connectivity index (χ4n) is 2.76. The summed E-state index contributed by atoms with van der Waals surface area (Å²) >= 11 is 0.578. The molecule has 0 radical (unpaired) electrons. The number of hydrogen-bond donors (Lipinski definition) is 2. The average Bonchev–Trinajstić information content (AvgIpc) is 2.85. The zero-order chi connectivity index (χ0) is 23.6. The molecule has 0 aliphatic carbocycles. The monoisotopic (exact) mass is 584 g/mol. The van der Waals surface area contributed by atoms with Gasteiger partial charge in [0, 0.05) is 0 Å². The molecular weight excluding hydrogens is 562 g/mol. The Labute approximate surface area is 208 Å². The van der Waals surface area contributed by atoms with Crippen LogP contribution < -0.4 is 29.0 Å². The molecule has 0 atom stereocenters. The van der Waals surface area contributed by atoms with Crippen LogP contribution in [0, 0.1) is 0 Å². The van der Waals surface area contributed by atoms with Crippen molar-refractivity contribution in [3.8, 4) is 11.5 Å². The van der Waals surface area contributed by atoms with Crippen LogP contribution in [0.1, 0.15) is 0 Å². The quantitative estimate of drug-likeness (QED) is 0.321. The SMILES string of the molecule is O=C(Nc1ccc([Se][Se]c2ccc(NC(=O)Oc3ccccc3)cc2)cc1)Oc1ccccc1. The van der Waals surface area contributed by atoms with Gasteiger partial charge in [0.25, 0.3) is 0 Å². The molecule has 0 bridgehead atoms. The topological polar surface area (TPSA) is 76.7 Å². The Balaban J connectivity index is 1.22. The molecule has 0 aliphatic rings. The first-order valence-electron chi connectivity index (χ1n) is 10.3. The Bertz CT molecular complexity index is 1120. The van der Waals surface area contributed by atoms with Crippen LogP contribution in [-0.2, 0) is 0 Å². The fraction of sp³-hybridized carbons (Fsp3) is 0. The minimum absolute atomic E-state index is 0.289. The van der Waals surface area contributed by atoms with Crippen molar-refractivity contribution in [3.05, 3.63) is 109 Å². The van der Waals surface area contributed by atoms with Crippen molar-refractivity contribution in [2.45, 2.75) is 0 Å². The summed E-state index contributed by atoms with van der Waals surface area (Å²) in [5, 5.41) is 5.47. The summed E-state index contributed by atoms with van der Waals surface area (Å²) in [5.41, 5.74) is 1.37. The zero-order valence-corrected chi connectivity index (χ0v) is 21.3. The number of carbonyl (C=O) groups excluding carboxylic acids is 2. The molecule has 170 valence electrons. The van der Waals surface area contributed by atoms with Crippen LogP contribution in [-0.4, -0.2) is 38.4 Å². The van der Waals surface area contributed by atoms with E-state index in [1.54, 1.807) is 24.3 Å². The maximum atomic E-state index is 12.0. The predicted molar refractivity (Wildman–Crippen MR) is 136 cm³/mol. The van der Waals surface area contributed by atoms with Gasteiger partial charge in [-0.2, -0.15) is 0 Å². The number of para-hydroxylation sites is 2. The van der Waals surface area contributed by atoms with Crippen molar-refractivity contribution in [2.24, 2.45) is 0 Å². The molecule has 0 spiro atoms. The molecule has 8 heteroatoms. The molecule has 0 aliphatic heterocycles. The summed E-state index contributed by atoms with van der Waals surface area (Å²) in [7, 11) is 0. The third-order valence-corrected chi connectivity index (χ3v) is 11.6. The Morgan fingerprint density at radius 3 is 1.21 bits per heavy atom. The molecule has 4 aromatic rings. The van der Waals surface area contributed by atoms with Gasteiger partial charge in [0.15, 0.2) is 0 Å². The molecule has 4 rings (SSSR count). The van der Waals surface area contributed by atoms with Crippen LogP contribution in [0.3, 0.4) is 0 Å². The van der Waals surface area contributed by atoms with Gasteiger partial charge in [-0.15, -0.1) is 0 Å².